The largest absolute Gasteiger partial charge is 0.339 e. The second-order valence-corrected chi connectivity index (χ2v) is 6.27. The topological polar surface area (TPSA) is 32.3 Å². The van der Waals surface area contributed by atoms with Crippen LogP contribution in [0.25, 0.3) is 0 Å². The fourth-order valence-electron chi connectivity index (χ4n) is 3.60. The standard InChI is InChI=1S/C17H23FN2O/c1-12-4-2-5-14(16(12)18)17(21)20-10-7-13(8-11-20)15-6-3-9-19-15/h2,4-5,13,15,19H,3,6-11H2,1H3. The fraction of sp³-hybridized carbons (Fsp3) is 0.588. The predicted molar refractivity (Wildman–Crippen MR) is 80.8 cm³/mol. The second-order valence-electron chi connectivity index (χ2n) is 6.27. The van der Waals surface area contributed by atoms with Gasteiger partial charge >= 0.3 is 0 Å². The molecule has 114 valence electrons. The van der Waals surface area contributed by atoms with Crippen molar-refractivity contribution >= 4 is 5.91 Å². The maximum atomic E-state index is 14.1. The zero-order valence-corrected chi connectivity index (χ0v) is 12.6. The minimum absolute atomic E-state index is 0.158. The molecule has 3 rings (SSSR count). The molecular weight excluding hydrogens is 267 g/mol. The van der Waals surface area contributed by atoms with Crippen molar-refractivity contribution in [3.8, 4) is 0 Å². The minimum atomic E-state index is -0.373. The first-order valence-corrected chi connectivity index (χ1v) is 7.94. The zero-order valence-electron chi connectivity index (χ0n) is 12.6. The molecule has 1 N–H and O–H groups in total. The van der Waals surface area contributed by atoms with Crippen LogP contribution in [0.2, 0.25) is 0 Å². The highest BCUT2D eigenvalue weighted by molar-refractivity contribution is 5.94. The third-order valence-electron chi connectivity index (χ3n) is 4.92. The van der Waals surface area contributed by atoms with Gasteiger partial charge in [-0.05, 0) is 56.7 Å². The molecule has 1 atom stereocenters. The van der Waals surface area contributed by atoms with E-state index in [1.165, 1.54) is 12.8 Å². The van der Waals surface area contributed by atoms with Crippen LogP contribution in [0.1, 0.15) is 41.6 Å². The summed E-state index contributed by atoms with van der Waals surface area (Å²) < 4.78 is 14.1. The number of nitrogens with one attached hydrogen (secondary N) is 1. The molecule has 0 saturated carbocycles. The summed E-state index contributed by atoms with van der Waals surface area (Å²) in [6, 6.07) is 5.67. The SMILES string of the molecule is Cc1cccc(C(=O)N2CCC(C3CCCN3)CC2)c1F. The lowest BCUT2D eigenvalue weighted by Crippen LogP contribution is -2.43. The molecule has 2 fully saturated rings. The molecule has 2 saturated heterocycles. The Hall–Kier alpha value is -1.42. The van der Waals surface area contributed by atoms with Crippen molar-refractivity contribution in [3.63, 3.8) is 0 Å². The maximum absolute atomic E-state index is 14.1. The summed E-state index contributed by atoms with van der Waals surface area (Å²) in [7, 11) is 0. The number of amides is 1. The van der Waals surface area contributed by atoms with E-state index in [0.29, 0.717) is 17.5 Å². The van der Waals surface area contributed by atoms with Crippen molar-refractivity contribution < 1.29 is 9.18 Å². The Kier molecular flexibility index (Phi) is 4.24. The van der Waals surface area contributed by atoms with Crippen molar-refractivity contribution in [2.24, 2.45) is 5.92 Å². The Bertz CT molecular complexity index is 518. The van der Waals surface area contributed by atoms with E-state index in [1.54, 1.807) is 25.1 Å². The van der Waals surface area contributed by atoms with E-state index >= 15 is 0 Å². The number of nitrogens with zero attached hydrogens (tertiary/aromatic N) is 1. The number of rotatable bonds is 2. The van der Waals surface area contributed by atoms with Crippen molar-refractivity contribution in [1.29, 1.82) is 0 Å². The molecule has 2 heterocycles. The van der Waals surface area contributed by atoms with Crippen LogP contribution >= 0.6 is 0 Å². The number of likely N-dealkylation sites (tertiary alicyclic amines) is 1. The van der Waals surface area contributed by atoms with E-state index in [4.69, 9.17) is 0 Å². The van der Waals surface area contributed by atoms with Gasteiger partial charge in [0, 0.05) is 19.1 Å². The lowest BCUT2D eigenvalue weighted by molar-refractivity contribution is 0.0669. The van der Waals surface area contributed by atoms with Crippen LogP contribution in [0.5, 0.6) is 0 Å². The highest BCUT2D eigenvalue weighted by atomic mass is 19.1. The average molecular weight is 290 g/mol. The van der Waals surface area contributed by atoms with Crippen LogP contribution in [-0.4, -0.2) is 36.5 Å². The zero-order chi connectivity index (χ0) is 14.8. The average Bonchev–Trinajstić information content (AvgIpc) is 3.04. The van der Waals surface area contributed by atoms with Gasteiger partial charge in [0.25, 0.3) is 5.91 Å². The lowest BCUT2D eigenvalue weighted by Gasteiger charge is -2.35. The maximum Gasteiger partial charge on any atom is 0.256 e. The van der Waals surface area contributed by atoms with Crippen molar-refractivity contribution in [3.05, 3.63) is 35.1 Å². The van der Waals surface area contributed by atoms with Gasteiger partial charge in [0.05, 0.1) is 5.56 Å². The van der Waals surface area contributed by atoms with E-state index in [1.807, 2.05) is 4.90 Å². The minimum Gasteiger partial charge on any atom is -0.339 e. The molecule has 3 nitrogen and oxygen atoms in total. The Morgan fingerprint density at radius 2 is 2.05 bits per heavy atom. The fourth-order valence-corrected chi connectivity index (χ4v) is 3.60. The molecule has 2 aliphatic rings. The van der Waals surface area contributed by atoms with Crippen LogP contribution in [0.15, 0.2) is 18.2 Å². The first-order valence-electron chi connectivity index (χ1n) is 7.94. The lowest BCUT2D eigenvalue weighted by atomic mass is 9.88. The van der Waals surface area contributed by atoms with Crippen LogP contribution in [0.3, 0.4) is 0 Å². The molecule has 0 aromatic heterocycles. The van der Waals surface area contributed by atoms with Crippen molar-refractivity contribution in [2.75, 3.05) is 19.6 Å². The number of aryl methyl sites for hydroxylation is 1. The van der Waals surface area contributed by atoms with Crippen LogP contribution in [0, 0.1) is 18.7 Å². The van der Waals surface area contributed by atoms with Gasteiger partial charge in [-0.2, -0.15) is 0 Å². The molecule has 1 unspecified atom stereocenters. The summed E-state index contributed by atoms with van der Waals surface area (Å²) >= 11 is 0. The molecule has 2 aliphatic heterocycles. The monoisotopic (exact) mass is 290 g/mol. The van der Waals surface area contributed by atoms with Gasteiger partial charge in [-0.3, -0.25) is 4.79 Å². The summed E-state index contributed by atoms with van der Waals surface area (Å²) in [6.07, 6.45) is 4.57. The van der Waals surface area contributed by atoms with Gasteiger partial charge in [0.2, 0.25) is 0 Å². The quantitative estimate of drug-likeness (QED) is 0.908. The molecule has 0 bridgehead atoms. The summed E-state index contributed by atoms with van der Waals surface area (Å²) in [4.78, 5) is 14.3. The summed E-state index contributed by atoms with van der Waals surface area (Å²) in [5, 5.41) is 3.56. The molecule has 0 aliphatic carbocycles. The number of piperidine rings is 1. The first kappa shape index (κ1) is 14.5. The number of carbonyl (C=O) groups excluding carboxylic acids is 1. The smallest absolute Gasteiger partial charge is 0.256 e. The molecule has 4 heteroatoms. The van der Waals surface area contributed by atoms with Crippen LogP contribution < -0.4 is 5.32 Å². The van der Waals surface area contributed by atoms with E-state index in [9.17, 15) is 9.18 Å². The van der Waals surface area contributed by atoms with E-state index in [0.717, 1.165) is 32.5 Å². The number of hydrogen-bond acceptors (Lipinski definition) is 2. The summed E-state index contributed by atoms with van der Waals surface area (Å²) in [5.41, 5.74) is 0.748. The number of carbonyl (C=O) groups is 1. The normalized spacial score (nSPS) is 23.5. The second kappa shape index (κ2) is 6.14. The van der Waals surface area contributed by atoms with Gasteiger partial charge in [-0.15, -0.1) is 0 Å². The number of halogens is 1. The Balaban J connectivity index is 1.63. The van der Waals surface area contributed by atoms with Gasteiger partial charge in [-0.1, -0.05) is 12.1 Å². The Morgan fingerprint density at radius 3 is 2.71 bits per heavy atom. The van der Waals surface area contributed by atoms with Gasteiger partial charge in [0.1, 0.15) is 5.82 Å². The number of hydrogen-bond donors (Lipinski definition) is 1. The third-order valence-corrected chi connectivity index (χ3v) is 4.92. The van der Waals surface area contributed by atoms with E-state index in [2.05, 4.69) is 5.32 Å². The summed E-state index contributed by atoms with van der Waals surface area (Å²) in [6.45, 7) is 4.31. The molecule has 1 aromatic rings. The number of benzene rings is 1. The molecule has 1 aromatic carbocycles. The Labute approximate surface area is 125 Å². The summed E-state index contributed by atoms with van der Waals surface area (Å²) in [5.74, 6) is 0.134. The van der Waals surface area contributed by atoms with Crippen molar-refractivity contribution in [2.45, 2.75) is 38.6 Å². The molecule has 21 heavy (non-hydrogen) atoms. The molecule has 0 spiro atoms. The highest BCUT2D eigenvalue weighted by Gasteiger charge is 2.30. The van der Waals surface area contributed by atoms with E-state index in [-0.39, 0.29) is 17.3 Å². The molecular formula is C17H23FN2O. The van der Waals surface area contributed by atoms with E-state index < -0.39 is 0 Å². The van der Waals surface area contributed by atoms with Gasteiger partial charge in [0.15, 0.2) is 0 Å². The Morgan fingerprint density at radius 1 is 1.29 bits per heavy atom. The highest BCUT2D eigenvalue weighted by Crippen LogP contribution is 2.26. The molecule has 1 amide bonds. The van der Waals surface area contributed by atoms with Crippen LogP contribution in [-0.2, 0) is 0 Å². The van der Waals surface area contributed by atoms with Crippen molar-refractivity contribution in [1.82, 2.24) is 10.2 Å². The van der Waals surface area contributed by atoms with Gasteiger partial charge < -0.3 is 10.2 Å². The van der Waals surface area contributed by atoms with Gasteiger partial charge in [-0.25, -0.2) is 4.39 Å². The first-order chi connectivity index (χ1) is 10.2. The molecule has 0 radical (unpaired) electrons. The predicted octanol–water partition coefficient (Wildman–Crippen LogP) is 2.74. The van der Waals surface area contributed by atoms with Crippen LogP contribution in [0.4, 0.5) is 4.39 Å². The third kappa shape index (κ3) is 2.95.